The quantitative estimate of drug-likeness (QED) is 0.738. The number of benzene rings is 1. The minimum absolute atomic E-state index is 0.0784. The fourth-order valence-electron chi connectivity index (χ4n) is 2.01. The molecular formula is C17H28N2O4S. The summed E-state index contributed by atoms with van der Waals surface area (Å²) in [4.78, 5) is 12.1. The number of amides is 1. The normalized spacial score (nSPS) is 12.0. The maximum atomic E-state index is 12.1. The summed E-state index contributed by atoms with van der Waals surface area (Å²) in [5, 5.41) is 2.71. The minimum atomic E-state index is -3.42. The standard InChI is InChI=1S/C17H28N2O4S/c1-13(2)10-11-19(24(5,21)22)12-17(20)18-15-6-8-16(9-7-15)23-14(3)4/h6-9,13-14H,10-12H2,1-5H3,(H,18,20). The number of ether oxygens (including phenoxy) is 1. The van der Waals surface area contributed by atoms with Crippen molar-refractivity contribution in [2.45, 2.75) is 40.2 Å². The summed E-state index contributed by atoms with van der Waals surface area (Å²) >= 11 is 0. The SMILES string of the molecule is CC(C)CCN(CC(=O)Nc1ccc(OC(C)C)cc1)S(C)(=O)=O. The summed E-state index contributed by atoms with van der Waals surface area (Å²) in [6, 6.07) is 6.99. The molecule has 0 spiro atoms. The van der Waals surface area contributed by atoms with Crippen LogP contribution in [-0.4, -0.2) is 44.1 Å². The second-order valence-corrected chi connectivity index (χ2v) is 8.50. The van der Waals surface area contributed by atoms with E-state index in [4.69, 9.17) is 4.74 Å². The van der Waals surface area contributed by atoms with Crippen LogP contribution in [0.25, 0.3) is 0 Å². The van der Waals surface area contributed by atoms with E-state index < -0.39 is 10.0 Å². The third kappa shape index (κ3) is 7.79. The van der Waals surface area contributed by atoms with Crippen LogP contribution < -0.4 is 10.1 Å². The number of nitrogens with zero attached hydrogens (tertiary/aromatic N) is 1. The number of carbonyl (C=O) groups is 1. The van der Waals surface area contributed by atoms with Gasteiger partial charge in [0.2, 0.25) is 15.9 Å². The highest BCUT2D eigenvalue weighted by molar-refractivity contribution is 7.88. The Kier molecular flexibility index (Phi) is 7.69. The van der Waals surface area contributed by atoms with Gasteiger partial charge in [0.05, 0.1) is 18.9 Å². The molecule has 1 amide bonds. The first-order chi connectivity index (χ1) is 11.1. The number of nitrogens with one attached hydrogen (secondary N) is 1. The van der Waals surface area contributed by atoms with Gasteiger partial charge < -0.3 is 10.1 Å². The Balaban J connectivity index is 2.65. The highest BCUT2D eigenvalue weighted by Crippen LogP contribution is 2.17. The van der Waals surface area contributed by atoms with Gasteiger partial charge in [-0.05, 0) is 50.5 Å². The van der Waals surface area contributed by atoms with Crippen molar-refractivity contribution in [2.75, 3.05) is 24.7 Å². The number of anilines is 1. The van der Waals surface area contributed by atoms with Crippen molar-refractivity contribution >= 4 is 21.6 Å². The van der Waals surface area contributed by atoms with Gasteiger partial charge in [0.25, 0.3) is 0 Å². The topological polar surface area (TPSA) is 75.7 Å². The Labute approximate surface area is 145 Å². The lowest BCUT2D eigenvalue weighted by molar-refractivity contribution is -0.116. The van der Waals surface area contributed by atoms with E-state index in [0.717, 1.165) is 12.0 Å². The van der Waals surface area contributed by atoms with Crippen molar-refractivity contribution < 1.29 is 17.9 Å². The monoisotopic (exact) mass is 356 g/mol. The Morgan fingerprint density at radius 2 is 1.75 bits per heavy atom. The van der Waals surface area contributed by atoms with Crippen LogP contribution >= 0.6 is 0 Å². The van der Waals surface area contributed by atoms with Gasteiger partial charge in [0.1, 0.15) is 5.75 Å². The molecule has 0 bridgehead atoms. The average molecular weight is 356 g/mol. The van der Waals surface area contributed by atoms with Crippen LogP contribution in [0.1, 0.15) is 34.1 Å². The summed E-state index contributed by atoms with van der Waals surface area (Å²) in [5.41, 5.74) is 0.605. The third-order valence-electron chi connectivity index (χ3n) is 3.25. The molecule has 1 aromatic carbocycles. The van der Waals surface area contributed by atoms with E-state index >= 15 is 0 Å². The zero-order valence-electron chi connectivity index (χ0n) is 15.1. The molecule has 0 unspecified atom stereocenters. The van der Waals surface area contributed by atoms with Gasteiger partial charge in [-0.15, -0.1) is 0 Å². The van der Waals surface area contributed by atoms with Gasteiger partial charge in [0, 0.05) is 12.2 Å². The van der Waals surface area contributed by atoms with Gasteiger partial charge in [0.15, 0.2) is 0 Å². The number of rotatable bonds is 9. The molecule has 6 nitrogen and oxygen atoms in total. The maximum absolute atomic E-state index is 12.1. The lowest BCUT2D eigenvalue weighted by Gasteiger charge is -2.20. The second kappa shape index (κ2) is 9.03. The molecule has 0 aromatic heterocycles. The number of sulfonamides is 1. The largest absolute Gasteiger partial charge is 0.491 e. The van der Waals surface area contributed by atoms with Crippen molar-refractivity contribution in [3.8, 4) is 5.75 Å². The Morgan fingerprint density at radius 3 is 2.21 bits per heavy atom. The van der Waals surface area contributed by atoms with E-state index in [1.807, 2.05) is 27.7 Å². The number of hydrogen-bond donors (Lipinski definition) is 1. The van der Waals surface area contributed by atoms with Gasteiger partial charge in [-0.3, -0.25) is 4.79 Å². The summed E-state index contributed by atoms with van der Waals surface area (Å²) in [6.07, 6.45) is 1.91. The van der Waals surface area contributed by atoms with Gasteiger partial charge in [-0.2, -0.15) is 4.31 Å². The van der Waals surface area contributed by atoms with Crippen molar-refractivity contribution in [1.82, 2.24) is 4.31 Å². The molecule has 1 aromatic rings. The molecule has 1 rings (SSSR count). The van der Waals surface area contributed by atoms with Crippen molar-refractivity contribution in [2.24, 2.45) is 5.92 Å². The van der Waals surface area contributed by atoms with E-state index in [9.17, 15) is 13.2 Å². The zero-order valence-corrected chi connectivity index (χ0v) is 15.9. The summed E-state index contributed by atoms with van der Waals surface area (Å²) in [7, 11) is -3.42. The predicted molar refractivity (Wildman–Crippen MR) is 96.7 cm³/mol. The number of hydrogen-bond acceptors (Lipinski definition) is 4. The van der Waals surface area contributed by atoms with E-state index in [-0.39, 0.29) is 18.6 Å². The Hall–Kier alpha value is -1.60. The molecule has 0 aliphatic rings. The van der Waals surface area contributed by atoms with Crippen LogP contribution in [0.15, 0.2) is 24.3 Å². The molecule has 0 saturated carbocycles. The fourth-order valence-corrected chi connectivity index (χ4v) is 2.80. The molecule has 0 fully saturated rings. The Morgan fingerprint density at radius 1 is 1.17 bits per heavy atom. The third-order valence-corrected chi connectivity index (χ3v) is 4.50. The molecule has 0 heterocycles. The molecule has 24 heavy (non-hydrogen) atoms. The molecule has 7 heteroatoms. The molecule has 0 saturated heterocycles. The summed E-state index contributed by atoms with van der Waals surface area (Å²) in [6.45, 7) is 8.06. The molecule has 0 aliphatic carbocycles. The van der Waals surface area contributed by atoms with Crippen LogP contribution in [0, 0.1) is 5.92 Å². The molecule has 1 N–H and O–H groups in total. The first kappa shape index (κ1) is 20.4. The van der Waals surface area contributed by atoms with E-state index in [1.54, 1.807) is 24.3 Å². The van der Waals surface area contributed by atoms with Crippen molar-refractivity contribution in [3.63, 3.8) is 0 Å². The van der Waals surface area contributed by atoms with Crippen LogP contribution in [0.4, 0.5) is 5.69 Å². The van der Waals surface area contributed by atoms with Gasteiger partial charge >= 0.3 is 0 Å². The van der Waals surface area contributed by atoms with Gasteiger partial charge in [-0.1, -0.05) is 13.8 Å². The van der Waals surface area contributed by atoms with Crippen molar-refractivity contribution in [1.29, 1.82) is 0 Å². The highest BCUT2D eigenvalue weighted by Gasteiger charge is 2.20. The molecular weight excluding hydrogens is 328 g/mol. The van der Waals surface area contributed by atoms with Crippen LogP contribution in [0.3, 0.4) is 0 Å². The fraction of sp³-hybridized carbons (Fsp3) is 0.588. The smallest absolute Gasteiger partial charge is 0.239 e. The molecule has 0 atom stereocenters. The minimum Gasteiger partial charge on any atom is -0.491 e. The van der Waals surface area contributed by atoms with Crippen LogP contribution in [0.5, 0.6) is 5.75 Å². The molecule has 136 valence electrons. The van der Waals surface area contributed by atoms with Crippen LogP contribution in [0.2, 0.25) is 0 Å². The Bertz CT molecular complexity index is 624. The molecule has 0 aliphatic heterocycles. The summed E-state index contributed by atoms with van der Waals surface area (Å²) in [5.74, 6) is 0.727. The maximum Gasteiger partial charge on any atom is 0.239 e. The predicted octanol–water partition coefficient (Wildman–Crippen LogP) is 2.72. The van der Waals surface area contributed by atoms with E-state index in [1.165, 1.54) is 4.31 Å². The summed E-state index contributed by atoms with van der Waals surface area (Å²) < 4.78 is 30.4. The first-order valence-electron chi connectivity index (χ1n) is 8.09. The van der Waals surface area contributed by atoms with Crippen molar-refractivity contribution in [3.05, 3.63) is 24.3 Å². The van der Waals surface area contributed by atoms with E-state index in [0.29, 0.717) is 24.6 Å². The number of carbonyl (C=O) groups excluding carboxylic acids is 1. The lowest BCUT2D eigenvalue weighted by atomic mass is 10.1. The second-order valence-electron chi connectivity index (χ2n) is 6.52. The average Bonchev–Trinajstić information content (AvgIpc) is 2.43. The highest BCUT2D eigenvalue weighted by atomic mass is 32.2. The van der Waals surface area contributed by atoms with Crippen LogP contribution in [-0.2, 0) is 14.8 Å². The molecule has 0 radical (unpaired) electrons. The van der Waals surface area contributed by atoms with E-state index in [2.05, 4.69) is 5.32 Å². The van der Waals surface area contributed by atoms with Gasteiger partial charge in [-0.25, -0.2) is 8.42 Å². The lowest BCUT2D eigenvalue weighted by Crippen LogP contribution is -2.38. The zero-order chi connectivity index (χ0) is 18.3. The first-order valence-corrected chi connectivity index (χ1v) is 9.94.